The van der Waals surface area contributed by atoms with Gasteiger partial charge in [-0.3, -0.25) is 9.59 Å². The van der Waals surface area contributed by atoms with E-state index in [9.17, 15) is 14.7 Å². The first-order valence-corrected chi connectivity index (χ1v) is 9.21. The Morgan fingerprint density at radius 1 is 1.12 bits per heavy atom. The van der Waals surface area contributed by atoms with Crippen LogP contribution in [0, 0.1) is 5.41 Å². The van der Waals surface area contributed by atoms with E-state index >= 15 is 0 Å². The van der Waals surface area contributed by atoms with Gasteiger partial charge in [0.05, 0.1) is 11.3 Å². The van der Waals surface area contributed by atoms with E-state index in [-0.39, 0.29) is 12.5 Å². The summed E-state index contributed by atoms with van der Waals surface area (Å²) in [5, 5.41) is 10.3. The lowest BCUT2D eigenvalue weighted by atomic mass is 9.87. The Morgan fingerprint density at radius 2 is 1.81 bits per heavy atom. The van der Waals surface area contributed by atoms with Gasteiger partial charge in [0.1, 0.15) is 0 Å². The summed E-state index contributed by atoms with van der Waals surface area (Å²) in [6.45, 7) is 0.707. The van der Waals surface area contributed by atoms with Gasteiger partial charge in [0.15, 0.2) is 0 Å². The summed E-state index contributed by atoms with van der Waals surface area (Å²) in [7, 11) is 0. The van der Waals surface area contributed by atoms with E-state index in [1.807, 2.05) is 48.5 Å². The molecule has 1 atom stereocenters. The van der Waals surface area contributed by atoms with Crippen LogP contribution in [-0.4, -0.2) is 28.4 Å². The molecule has 1 amide bonds. The van der Waals surface area contributed by atoms with Gasteiger partial charge >= 0.3 is 5.97 Å². The molecular weight excluding hydrogens is 350 g/mol. The molecule has 2 aromatic rings. The summed E-state index contributed by atoms with van der Waals surface area (Å²) >= 11 is 6.28. The standard InChI is InChI=1S/C21H20ClNO3/c22-18-8-4-2-5-14(18)11-21(9-10-21)20(26)23-12-15-6-1-3-7-16(15)17(13-23)19(24)25/h1-8,17H,9-13H2,(H,24,25). The van der Waals surface area contributed by atoms with Gasteiger partial charge in [0, 0.05) is 18.1 Å². The van der Waals surface area contributed by atoms with Gasteiger partial charge in [-0.25, -0.2) is 0 Å². The van der Waals surface area contributed by atoms with E-state index in [0.717, 1.165) is 29.5 Å². The third-order valence-corrected chi connectivity index (χ3v) is 5.94. The van der Waals surface area contributed by atoms with Crippen molar-refractivity contribution in [3.63, 3.8) is 0 Å². The summed E-state index contributed by atoms with van der Waals surface area (Å²) in [6.07, 6.45) is 2.27. The van der Waals surface area contributed by atoms with E-state index < -0.39 is 17.3 Å². The second kappa shape index (κ2) is 6.44. The lowest BCUT2D eigenvalue weighted by Gasteiger charge is -2.35. The first-order chi connectivity index (χ1) is 12.5. The fourth-order valence-corrected chi connectivity index (χ4v) is 4.13. The summed E-state index contributed by atoms with van der Waals surface area (Å²) < 4.78 is 0. The molecule has 1 heterocycles. The molecule has 1 aliphatic carbocycles. The Morgan fingerprint density at radius 3 is 2.50 bits per heavy atom. The van der Waals surface area contributed by atoms with Gasteiger partial charge in [-0.15, -0.1) is 0 Å². The molecule has 5 heteroatoms. The number of nitrogens with zero attached hydrogens (tertiary/aromatic N) is 1. The maximum Gasteiger partial charge on any atom is 0.312 e. The van der Waals surface area contributed by atoms with Crippen LogP contribution < -0.4 is 0 Å². The minimum absolute atomic E-state index is 0.0539. The Kier molecular flexibility index (Phi) is 4.23. The number of hydrogen-bond acceptors (Lipinski definition) is 2. The van der Waals surface area contributed by atoms with Crippen molar-refractivity contribution in [1.82, 2.24) is 4.90 Å². The van der Waals surface area contributed by atoms with E-state index in [1.54, 1.807) is 4.90 Å². The van der Waals surface area contributed by atoms with Crippen LogP contribution >= 0.6 is 11.6 Å². The number of benzene rings is 2. The number of hydrogen-bond donors (Lipinski definition) is 1. The number of carboxylic acid groups (broad SMARTS) is 1. The fourth-order valence-electron chi connectivity index (χ4n) is 3.93. The predicted molar refractivity (Wildman–Crippen MR) is 99.1 cm³/mol. The summed E-state index contributed by atoms with van der Waals surface area (Å²) in [6, 6.07) is 15.1. The van der Waals surface area contributed by atoms with Crippen LogP contribution in [0.5, 0.6) is 0 Å². The topological polar surface area (TPSA) is 57.6 Å². The molecule has 0 radical (unpaired) electrons. The minimum atomic E-state index is -0.883. The molecule has 4 rings (SSSR count). The van der Waals surface area contributed by atoms with E-state index in [2.05, 4.69) is 0 Å². The third kappa shape index (κ3) is 2.99. The molecule has 1 N–H and O–H groups in total. The van der Waals surface area contributed by atoms with Crippen LogP contribution in [0.4, 0.5) is 0 Å². The van der Waals surface area contributed by atoms with Crippen molar-refractivity contribution in [3.8, 4) is 0 Å². The van der Waals surface area contributed by atoms with Crippen molar-refractivity contribution in [2.24, 2.45) is 5.41 Å². The second-order valence-corrected chi connectivity index (χ2v) is 7.73. The van der Waals surface area contributed by atoms with Crippen LogP contribution in [0.1, 0.15) is 35.4 Å². The number of carbonyl (C=O) groups is 2. The molecular formula is C21H20ClNO3. The average Bonchev–Trinajstić information content (AvgIpc) is 3.42. The number of rotatable bonds is 4. The zero-order chi connectivity index (χ0) is 18.3. The Balaban J connectivity index is 1.59. The number of fused-ring (bicyclic) bond motifs is 1. The van der Waals surface area contributed by atoms with Crippen LogP contribution in [0.25, 0.3) is 0 Å². The Hall–Kier alpha value is -2.33. The fraction of sp³-hybridized carbons (Fsp3) is 0.333. The molecule has 2 aromatic carbocycles. The Bertz CT molecular complexity index is 875. The van der Waals surface area contributed by atoms with Crippen molar-refractivity contribution in [1.29, 1.82) is 0 Å². The molecule has 134 valence electrons. The number of amides is 1. The molecule has 1 unspecified atom stereocenters. The molecule has 0 spiro atoms. The summed E-state index contributed by atoms with van der Waals surface area (Å²) in [5.74, 6) is -1.50. The summed E-state index contributed by atoms with van der Waals surface area (Å²) in [4.78, 5) is 26.7. The van der Waals surface area contributed by atoms with Gasteiger partial charge in [-0.2, -0.15) is 0 Å². The molecule has 26 heavy (non-hydrogen) atoms. The summed E-state index contributed by atoms with van der Waals surface area (Å²) in [5.41, 5.74) is 2.29. The third-order valence-electron chi connectivity index (χ3n) is 5.57. The van der Waals surface area contributed by atoms with Crippen LogP contribution in [-0.2, 0) is 22.6 Å². The molecule has 2 aliphatic rings. The van der Waals surface area contributed by atoms with E-state index in [1.165, 1.54) is 0 Å². The first-order valence-electron chi connectivity index (χ1n) is 8.83. The lowest BCUT2D eigenvalue weighted by Crippen LogP contribution is -2.44. The highest BCUT2D eigenvalue weighted by Gasteiger charge is 2.52. The van der Waals surface area contributed by atoms with Crippen molar-refractivity contribution < 1.29 is 14.7 Å². The molecule has 4 nitrogen and oxygen atoms in total. The lowest BCUT2D eigenvalue weighted by molar-refractivity contribution is -0.143. The van der Waals surface area contributed by atoms with Gasteiger partial charge in [0.25, 0.3) is 0 Å². The number of carbonyl (C=O) groups excluding carboxylic acids is 1. The van der Waals surface area contributed by atoms with Gasteiger partial charge in [-0.05, 0) is 42.0 Å². The highest BCUT2D eigenvalue weighted by Crippen LogP contribution is 2.51. The van der Waals surface area contributed by atoms with Gasteiger partial charge in [0.2, 0.25) is 5.91 Å². The van der Waals surface area contributed by atoms with Crippen molar-refractivity contribution in [2.75, 3.05) is 6.54 Å². The highest BCUT2D eigenvalue weighted by molar-refractivity contribution is 6.31. The normalized spacial score (nSPS) is 20.3. The van der Waals surface area contributed by atoms with Crippen molar-refractivity contribution in [2.45, 2.75) is 31.7 Å². The van der Waals surface area contributed by atoms with E-state index in [0.29, 0.717) is 18.0 Å². The predicted octanol–water partition coefficient (Wildman–Crippen LogP) is 3.87. The molecule has 0 aromatic heterocycles. The number of aliphatic carboxylic acids is 1. The zero-order valence-electron chi connectivity index (χ0n) is 14.3. The molecule has 0 saturated heterocycles. The smallest absolute Gasteiger partial charge is 0.312 e. The zero-order valence-corrected chi connectivity index (χ0v) is 15.1. The van der Waals surface area contributed by atoms with Crippen molar-refractivity contribution in [3.05, 3.63) is 70.2 Å². The van der Waals surface area contributed by atoms with Gasteiger partial charge < -0.3 is 10.0 Å². The van der Waals surface area contributed by atoms with Crippen LogP contribution in [0.3, 0.4) is 0 Å². The number of halogens is 1. The second-order valence-electron chi connectivity index (χ2n) is 7.32. The minimum Gasteiger partial charge on any atom is -0.481 e. The quantitative estimate of drug-likeness (QED) is 0.889. The molecule has 1 saturated carbocycles. The highest BCUT2D eigenvalue weighted by atomic mass is 35.5. The van der Waals surface area contributed by atoms with Crippen LogP contribution in [0.2, 0.25) is 5.02 Å². The van der Waals surface area contributed by atoms with E-state index in [4.69, 9.17) is 11.6 Å². The first kappa shape index (κ1) is 17.1. The molecule has 1 fully saturated rings. The largest absolute Gasteiger partial charge is 0.481 e. The molecule has 1 aliphatic heterocycles. The van der Waals surface area contributed by atoms with Gasteiger partial charge in [-0.1, -0.05) is 54.1 Å². The Labute approximate surface area is 157 Å². The maximum atomic E-state index is 13.3. The SMILES string of the molecule is O=C(O)C1CN(C(=O)C2(Cc3ccccc3Cl)CC2)Cc2ccccc21. The monoisotopic (exact) mass is 369 g/mol. The number of carboxylic acids is 1. The van der Waals surface area contributed by atoms with Crippen molar-refractivity contribution >= 4 is 23.5 Å². The maximum absolute atomic E-state index is 13.3. The molecule has 0 bridgehead atoms. The average molecular weight is 370 g/mol. The van der Waals surface area contributed by atoms with Crippen LogP contribution in [0.15, 0.2) is 48.5 Å².